The molecule has 2 rings (SSSR count). The number of aliphatic imine (C=N–C) groups is 1. The first-order valence-corrected chi connectivity index (χ1v) is 9.13. The van der Waals surface area contributed by atoms with Crippen LogP contribution in [0.3, 0.4) is 0 Å². The molecule has 1 fully saturated rings. The van der Waals surface area contributed by atoms with Crippen molar-refractivity contribution in [2.75, 3.05) is 26.7 Å². The lowest BCUT2D eigenvalue weighted by molar-refractivity contribution is -0.128. The number of hydrogen-bond donors (Lipinski definition) is 3. The molecule has 0 unspecified atom stereocenters. The SMILES string of the molecule is CN=C(NCCNC(=O)C(C)(C)C)NCC1(c2cccc(Cl)c2)CC1.I. The number of hydrogen-bond acceptors (Lipinski definition) is 2. The lowest BCUT2D eigenvalue weighted by Gasteiger charge is -2.20. The van der Waals surface area contributed by atoms with E-state index in [2.05, 4.69) is 33.1 Å². The molecule has 7 heteroatoms. The van der Waals surface area contributed by atoms with Gasteiger partial charge in [0.15, 0.2) is 5.96 Å². The summed E-state index contributed by atoms with van der Waals surface area (Å²) in [6.07, 6.45) is 2.30. The van der Waals surface area contributed by atoms with Crippen LogP contribution in [0.5, 0.6) is 0 Å². The number of rotatable bonds is 6. The number of carbonyl (C=O) groups excluding carboxylic acids is 1. The molecular weight excluding hydrogens is 463 g/mol. The number of carbonyl (C=O) groups is 1. The molecule has 26 heavy (non-hydrogen) atoms. The minimum absolute atomic E-state index is 0. The van der Waals surface area contributed by atoms with E-state index in [9.17, 15) is 4.79 Å². The molecule has 0 spiro atoms. The fraction of sp³-hybridized carbons (Fsp3) is 0.579. The van der Waals surface area contributed by atoms with E-state index in [-0.39, 0.29) is 40.7 Å². The zero-order valence-electron chi connectivity index (χ0n) is 16.0. The second-order valence-corrected chi connectivity index (χ2v) is 8.09. The van der Waals surface area contributed by atoms with Gasteiger partial charge >= 0.3 is 0 Å². The molecule has 0 bridgehead atoms. The van der Waals surface area contributed by atoms with Crippen LogP contribution in [-0.4, -0.2) is 38.5 Å². The second-order valence-electron chi connectivity index (χ2n) is 7.65. The zero-order valence-corrected chi connectivity index (χ0v) is 19.1. The Morgan fingerprint density at radius 1 is 1.19 bits per heavy atom. The summed E-state index contributed by atoms with van der Waals surface area (Å²) in [7, 11) is 1.75. The monoisotopic (exact) mass is 492 g/mol. The average Bonchev–Trinajstić information content (AvgIpc) is 3.34. The highest BCUT2D eigenvalue weighted by molar-refractivity contribution is 14.0. The number of amides is 1. The molecule has 1 saturated carbocycles. The number of guanidine groups is 1. The Morgan fingerprint density at radius 3 is 2.38 bits per heavy atom. The summed E-state index contributed by atoms with van der Waals surface area (Å²) in [5, 5.41) is 10.3. The maximum Gasteiger partial charge on any atom is 0.225 e. The highest BCUT2D eigenvalue weighted by atomic mass is 127. The molecule has 1 aliphatic carbocycles. The standard InChI is InChI=1S/C19H29ClN4O.HI/c1-18(2,3)16(25)22-10-11-23-17(21-4)24-13-19(8-9-19)14-6-5-7-15(20)12-14;/h5-7,12H,8-11,13H2,1-4H3,(H,22,25)(H2,21,23,24);1H. The molecule has 0 atom stereocenters. The van der Waals surface area contributed by atoms with Crippen LogP contribution in [0.1, 0.15) is 39.2 Å². The molecule has 3 N–H and O–H groups in total. The van der Waals surface area contributed by atoms with E-state index in [0.717, 1.165) is 30.4 Å². The van der Waals surface area contributed by atoms with Gasteiger partial charge in [-0.2, -0.15) is 0 Å². The van der Waals surface area contributed by atoms with Crippen LogP contribution in [0.4, 0.5) is 0 Å². The van der Waals surface area contributed by atoms with Crippen LogP contribution in [0.2, 0.25) is 5.02 Å². The molecule has 0 heterocycles. The quantitative estimate of drug-likeness (QED) is 0.247. The van der Waals surface area contributed by atoms with E-state index in [1.807, 2.05) is 32.9 Å². The van der Waals surface area contributed by atoms with E-state index in [4.69, 9.17) is 11.6 Å². The minimum atomic E-state index is -0.366. The van der Waals surface area contributed by atoms with Crippen molar-refractivity contribution in [1.29, 1.82) is 0 Å². The van der Waals surface area contributed by atoms with Gasteiger partial charge < -0.3 is 16.0 Å². The van der Waals surface area contributed by atoms with Crippen LogP contribution in [0, 0.1) is 5.41 Å². The van der Waals surface area contributed by atoms with Gasteiger partial charge in [0.25, 0.3) is 0 Å². The lowest BCUT2D eigenvalue weighted by atomic mass is 9.96. The van der Waals surface area contributed by atoms with Crippen molar-refractivity contribution < 1.29 is 4.79 Å². The molecule has 0 aromatic heterocycles. The Morgan fingerprint density at radius 2 is 1.85 bits per heavy atom. The molecule has 1 aromatic rings. The predicted molar refractivity (Wildman–Crippen MR) is 120 cm³/mol. The van der Waals surface area contributed by atoms with Crippen LogP contribution in [0.25, 0.3) is 0 Å². The molecule has 0 saturated heterocycles. The minimum Gasteiger partial charge on any atom is -0.356 e. The van der Waals surface area contributed by atoms with E-state index in [1.165, 1.54) is 5.56 Å². The number of benzene rings is 1. The molecule has 0 aliphatic heterocycles. The van der Waals surface area contributed by atoms with Crippen LogP contribution >= 0.6 is 35.6 Å². The third-order valence-electron chi connectivity index (χ3n) is 4.49. The Bertz CT molecular complexity index is 639. The van der Waals surface area contributed by atoms with Crippen molar-refractivity contribution in [3.8, 4) is 0 Å². The number of nitrogens with zero attached hydrogens (tertiary/aromatic N) is 1. The largest absolute Gasteiger partial charge is 0.356 e. The smallest absolute Gasteiger partial charge is 0.225 e. The first kappa shape index (κ1) is 23.0. The highest BCUT2D eigenvalue weighted by Gasteiger charge is 2.44. The van der Waals surface area contributed by atoms with Crippen molar-refractivity contribution >= 4 is 47.4 Å². The molecule has 0 radical (unpaired) electrons. The first-order chi connectivity index (χ1) is 11.8. The third kappa shape index (κ3) is 6.61. The Hall–Kier alpha value is -1.02. The normalized spacial score (nSPS) is 15.7. The van der Waals surface area contributed by atoms with E-state index in [1.54, 1.807) is 7.05 Å². The second kappa shape index (κ2) is 9.78. The summed E-state index contributed by atoms with van der Waals surface area (Å²) < 4.78 is 0. The summed E-state index contributed by atoms with van der Waals surface area (Å²) in [6.45, 7) is 7.73. The first-order valence-electron chi connectivity index (χ1n) is 8.76. The van der Waals surface area contributed by atoms with Gasteiger partial charge in [0.1, 0.15) is 0 Å². The van der Waals surface area contributed by atoms with Crippen LogP contribution < -0.4 is 16.0 Å². The van der Waals surface area contributed by atoms with Gasteiger partial charge in [0.05, 0.1) is 0 Å². The van der Waals surface area contributed by atoms with Gasteiger partial charge in [-0.25, -0.2) is 0 Å². The summed E-state index contributed by atoms with van der Waals surface area (Å²) in [5.74, 6) is 0.799. The summed E-state index contributed by atoms with van der Waals surface area (Å²) in [6, 6.07) is 8.09. The Kier molecular flexibility index (Phi) is 8.66. The average molecular weight is 493 g/mol. The number of halogens is 2. The van der Waals surface area contributed by atoms with Gasteiger partial charge in [-0.1, -0.05) is 44.5 Å². The molecule has 1 aliphatic rings. The molecular formula is C19H30ClIN4O. The predicted octanol–water partition coefficient (Wildman–Crippen LogP) is 3.32. The summed E-state index contributed by atoms with van der Waals surface area (Å²) >= 11 is 6.12. The van der Waals surface area contributed by atoms with E-state index in [0.29, 0.717) is 13.1 Å². The third-order valence-corrected chi connectivity index (χ3v) is 4.73. The van der Waals surface area contributed by atoms with Crippen molar-refractivity contribution in [3.05, 3.63) is 34.9 Å². The maximum atomic E-state index is 11.8. The van der Waals surface area contributed by atoms with Crippen molar-refractivity contribution in [2.45, 2.75) is 39.0 Å². The Balaban J connectivity index is 0.00000338. The molecule has 146 valence electrons. The molecule has 5 nitrogen and oxygen atoms in total. The van der Waals surface area contributed by atoms with Crippen molar-refractivity contribution in [2.24, 2.45) is 10.4 Å². The van der Waals surface area contributed by atoms with Gasteiger partial charge in [0.2, 0.25) is 5.91 Å². The Labute approximate surface area is 178 Å². The molecule has 1 amide bonds. The van der Waals surface area contributed by atoms with Crippen LogP contribution in [-0.2, 0) is 10.2 Å². The molecule has 1 aromatic carbocycles. The van der Waals surface area contributed by atoms with E-state index < -0.39 is 0 Å². The fourth-order valence-corrected chi connectivity index (χ4v) is 2.82. The summed E-state index contributed by atoms with van der Waals surface area (Å²) in [4.78, 5) is 16.1. The number of nitrogens with one attached hydrogen (secondary N) is 3. The topological polar surface area (TPSA) is 65.5 Å². The lowest BCUT2D eigenvalue weighted by Crippen LogP contribution is -2.45. The maximum absolute atomic E-state index is 11.8. The fourth-order valence-electron chi connectivity index (χ4n) is 2.63. The zero-order chi connectivity index (χ0) is 18.5. The van der Waals surface area contributed by atoms with Gasteiger partial charge in [-0.15, -0.1) is 24.0 Å². The van der Waals surface area contributed by atoms with Gasteiger partial charge in [0, 0.05) is 42.5 Å². The van der Waals surface area contributed by atoms with Crippen LogP contribution in [0.15, 0.2) is 29.3 Å². The van der Waals surface area contributed by atoms with Gasteiger partial charge in [-0.05, 0) is 30.5 Å². The van der Waals surface area contributed by atoms with Crippen molar-refractivity contribution in [1.82, 2.24) is 16.0 Å². The van der Waals surface area contributed by atoms with E-state index >= 15 is 0 Å². The van der Waals surface area contributed by atoms with Crippen molar-refractivity contribution in [3.63, 3.8) is 0 Å². The highest BCUT2D eigenvalue weighted by Crippen LogP contribution is 2.48. The van der Waals surface area contributed by atoms with Gasteiger partial charge in [-0.3, -0.25) is 9.79 Å². The summed E-state index contributed by atoms with van der Waals surface area (Å²) in [5.41, 5.74) is 1.07.